The zero-order valence-electron chi connectivity index (χ0n) is 14.7. The number of aromatic nitrogens is 2. The molecule has 0 unspecified atom stereocenters. The molecule has 2 fully saturated rings. The molecule has 0 bridgehead atoms. The quantitative estimate of drug-likeness (QED) is 0.813. The average Bonchev–Trinajstić information content (AvgIpc) is 3.24. The fraction of sp³-hybridized carbons (Fsp3) is 0.765. The Hall–Kier alpha value is -1.44. The summed E-state index contributed by atoms with van der Waals surface area (Å²) < 4.78 is 13.2. The van der Waals surface area contributed by atoms with Gasteiger partial charge in [-0.1, -0.05) is 0 Å². The van der Waals surface area contributed by atoms with E-state index in [1.54, 1.807) is 4.68 Å². The monoisotopic (exact) mass is 336 g/mol. The van der Waals surface area contributed by atoms with Crippen LogP contribution in [0.15, 0.2) is 6.07 Å². The van der Waals surface area contributed by atoms with Crippen LogP contribution >= 0.6 is 0 Å². The number of rotatable bonds is 7. The number of ether oxygens (including phenoxy) is 2. The Bertz CT molecular complexity index is 530. The van der Waals surface area contributed by atoms with Gasteiger partial charge >= 0.3 is 0 Å². The molecular weight excluding hydrogens is 308 g/mol. The molecular formula is C17H28N4O3. The molecule has 0 radical (unpaired) electrons. The van der Waals surface area contributed by atoms with Crippen molar-refractivity contribution in [3.8, 4) is 0 Å². The smallest absolute Gasteiger partial charge is 0.239 e. The standard InChI is InChI=1S/C17H28N4O3/c1-13-9-16(20(2)19-13)18-17(22)12-21(10-14-5-3-7-23-14)11-15-6-4-8-24-15/h9,14-15H,3-8,10-12H2,1-2H3,(H,18,22)/t14-,15+. The van der Waals surface area contributed by atoms with E-state index >= 15 is 0 Å². The van der Waals surface area contributed by atoms with Crippen LogP contribution in [0.4, 0.5) is 5.82 Å². The maximum atomic E-state index is 12.5. The van der Waals surface area contributed by atoms with Gasteiger partial charge in [0, 0.05) is 39.4 Å². The van der Waals surface area contributed by atoms with Crippen LogP contribution in [0.25, 0.3) is 0 Å². The molecule has 24 heavy (non-hydrogen) atoms. The molecule has 2 atom stereocenters. The minimum absolute atomic E-state index is 0.0195. The van der Waals surface area contributed by atoms with Crippen molar-refractivity contribution in [2.45, 2.75) is 44.8 Å². The van der Waals surface area contributed by atoms with Crippen molar-refractivity contribution in [2.75, 3.05) is 38.2 Å². The van der Waals surface area contributed by atoms with Crippen molar-refractivity contribution in [3.05, 3.63) is 11.8 Å². The van der Waals surface area contributed by atoms with Gasteiger partial charge in [0.2, 0.25) is 5.91 Å². The van der Waals surface area contributed by atoms with Gasteiger partial charge in [0.05, 0.1) is 24.4 Å². The third kappa shape index (κ3) is 4.78. The molecule has 3 rings (SSSR count). The number of nitrogens with zero attached hydrogens (tertiary/aromatic N) is 3. The summed E-state index contributed by atoms with van der Waals surface area (Å²) in [7, 11) is 1.83. The van der Waals surface area contributed by atoms with Gasteiger partial charge in [-0.15, -0.1) is 0 Å². The second-order valence-electron chi connectivity index (χ2n) is 6.81. The van der Waals surface area contributed by atoms with E-state index in [0.29, 0.717) is 6.54 Å². The molecule has 0 aliphatic carbocycles. The van der Waals surface area contributed by atoms with E-state index in [0.717, 1.165) is 63.5 Å². The van der Waals surface area contributed by atoms with Crippen molar-refractivity contribution in [3.63, 3.8) is 0 Å². The van der Waals surface area contributed by atoms with Gasteiger partial charge in [-0.05, 0) is 32.6 Å². The fourth-order valence-corrected chi connectivity index (χ4v) is 3.47. The minimum atomic E-state index is -0.0195. The number of hydrogen-bond donors (Lipinski definition) is 1. The molecule has 0 aromatic carbocycles. The van der Waals surface area contributed by atoms with Crippen molar-refractivity contribution in [1.82, 2.24) is 14.7 Å². The molecule has 3 heterocycles. The summed E-state index contributed by atoms with van der Waals surface area (Å²) in [5.74, 6) is 0.709. The number of nitrogens with one attached hydrogen (secondary N) is 1. The molecule has 1 aromatic heterocycles. The molecule has 134 valence electrons. The van der Waals surface area contributed by atoms with E-state index in [4.69, 9.17) is 9.47 Å². The predicted octanol–water partition coefficient (Wildman–Crippen LogP) is 1.33. The van der Waals surface area contributed by atoms with Crippen molar-refractivity contribution in [2.24, 2.45) is 7.05 Å². The maximum Gasteiger partial charge on any atom is 0.239 e. The number of hydrogen-bond acceptors (Lipinski definition) is 5. The first-order chi connectivity index (χ1) is 11.6. The molecule has 7 nitrogen and oxygen atoms in total. The highest BCUT2D eigenvalue weighted by Crippen LogP contribution is 2.17. The van der Waals surface area contributed by atoms with Crippen LogP contribution in [0.1, 0.15) is 31.4 Å². The summed E-state index contributed by atoms with van der Waals surface area (Å²) >= 11 is 0. The Kier molecular flexibility index (Phi) is 5.86. The van der Waals surface area contributed by atoms with Crippen LogP contribution in [0.3, 0.4) is 0 Å². The van der Waals surface area contributed by atoms with Crippen LogP contribution in [0.5, 0.6) is 0 Å². The van der Waals surface area contributed by atoms with E-state index in [-0.39, 0.29) is 18.1 Å². The van der Waals surface area contributed by atoms with Gasteiger partial charge in [0.15, 0.2) is 0 Å². The lowest BCUT2D eigenvalue weighted by atomic mass is 10.2. The first-order valence-electron chi connectivity index (χ1n) is 8.86. The number of aryl methyl sites for hydroxylation is 2. The van der Waals surface area contributed by atoms with Gasteiger partial charge in [-0.25, -0.2) is 0 Å². The lowest BCUT2D eigenvalue weighted by Gasteiger charge is -2.27. The number of amides is 1. The van der Waals surface area contributed by atoms with E-state index in [1.165, 1.54) is 0 Å². The van der Waals surface area contributed by atoms with Crippen LogP contribution in [0.2, 0.25) is 0 Å². The molecule has 2 aliphatic heterocycles. The van der Waals surface area contributed by atoms with Crippen molar-refractivity contribution in [1.29, 1.82) is 0 Å². The van der Waals surface area contributed by atoms with Gasteiger partial charge in [0.1, 0.15) is 5.82 Å². The number of carbonyl (C=O) groups excluding carboxylic acids is 1. The normalized spacial score (nSPS) is 24.0. The van der Waals surface area contributed by atoms with Crippen molar-refractivity contribution < 1.29 is 14.3 Å². The SMILES string of the molecule is Cc1cc(NC(=O)CN(C[C@H]2CCCO2)C[C@@H]2CCCO2)n(C)n1. The van der Waals surface area contributed by atoms with Crippen LogP contribution in [0, 0.1) is 6.92 Å². The summed E-state index contributed by atoms with van der Waals surface area (Å²) in [6.07, 6.45) is 4.84. The van der Waals surface area contributed by atoms with Crippen LogP contribution in [-0.2, 0) is 21.3 Å². The zero-order chi connectivity index (χ0) is 16.9. The minimum Gasteiger partial charge on any atom is -0.377 e. The van der Waals surface area contributed by atoms with Crippen LogP contribution < -0.4 is 5.32 Å². The van der Waals surface area contributed by atoms with Crippen LogP contribution in [-0.4, -0.2) is 65.6 Å². The lowest BCUT2D eigenvalue weighted by molar-refractivity contribution is -0.118. The first kappa shape index (κ1) is 17.4. The van der Waals surface area contributed by atoms with E-state index < -0.39 is 0 Å². The summed E-state index contributed by atoms with van der Waals surface area (Å²) in [4.78, 5) is 14.6. The second kappa shape index (κ2) is 8.09. The highest BCUT2D eigenvalue weighted by Gasteiger charge is 2.25. The topological polar surface area (TPSA) is 68.6 Å². The van der Waals surface area contributed by atoms with Gasteiger partial charge < -0.3 is 14.8 Å². The Morgan fingerprint density at radius 3 is 2.38 bits per heavy atom. The number of carbonyl (C=O) groups is 1. The van der Waals surface area contributed by atoms with Gasteiger partial charge in [-0.2, -0.15) is 5.10 Å². The fourth-order valence-electron chi connectivity index (χ4n) is 3.47. The molecule has 0 spiro atoms. The Morgan fingerprint density at radius 1 is 1.29 bits per heavy atom. The average molecular weight is 336 g/mol. The zero-order valence-corrected chi connectivity index (χ0v) is 14.7. The Morgan fingerprint density at radius 2 is 1.92 bits per heavy atom. The Labute approximate surface area is 143 Å². The number of anilines is 1. The molecule has 2 saturated heterocycles. The Balaban J connectivity index is 1.56. The predicted molar refractivity (Wildman–Crippen MR) is 91.0 cm³/mol. The summed E-state index contributed by atoms with van der Waals surface area (Å²) in [6, 6.07) is 1.88. The summed E-state index contributed by atoms with van der Waals surface area (Å²) in [5, 5.41) is 7.21. The van der Waals surface area contributed by atoms with Gasteiger partial charge in [-0.3, -0.25) is 14.4 Å². The highest BCUT2D eigenvalue weighted by atomic mass is 16.5. The van der Waals surface area contributed by atoms with E-state index in [2.05, 4.69) is 15.3 Å². The summed E-state index contributed by atoms with van der Waals surface area (Å²) in [5.41, 5.74) is 0.892. The molecule has 1 amide bonds. The third-order valence-electron chi connectivity index (χ3n) is 4.61. The van der Waals surface area contributed by atoms with E-state index in [1.807, 2.05) is 20.0 Å². The highest BCUT2D eigenvalue weighted by molar-refractivity contribution is 5.91. The van der Waals surface area contributed by atoms with E-state index in [9.17, 15) is 4.79 Å². The maximum absolute atomic E-state index is 12.5. The molecule has 1 N–H and O–H groups in total. The second-order valence-corrected chi connectivity index (χ2v) is 6.81. The largest absolute Gasteiger partial charge is 0.377 e. The first-order valence-corrected chi connectivity index (χ1v) is 8.86. The lowest BCUT2D eigenvalue weighted by Crippen LogP contribution is -2.42. The third-order valence-corrected chi connectivity index (χ3v) is 4.61. The van der Waals surface area contributed by atoms with Crippen molar-refractivity contribution >= 4 is 11.7 Å². The summed E-state index contributed by atoms with van der Waals surface area (Å²) in [6.45, 7) is 5.51. The molecule has 0 saturated carbocycles. The molecule has 1 aromatic rings. The van der Waals surface area contributed by atoms with Gasteiger partial charge in [0.25, 0.3) is 0 Å². The molecule has 2 aliphatic rings. The molecule has 7 heteroatoms.